The summed E-state index contributed by atoms with van der Waals surface area (Å²) >= 11 is 0. The van der Waals surface area contributed by atoms with Crippen LogP contribution >= 0.6 is 0 Å². The maximum absolute atomic E-state index is 11.9. The Hall–Kier alpha value is -1.51. The van der Waals surface area contributed by atoms with Crippen molar-refractivity contribution in [3.8, 4) is 0 Å². The fourth-order valence-electron chi connectivity index (χ4n) is 2.24. The second kappa shape index (κ2) is 4.16. The molecule has 3 nitrogen and oxygen atoms in total. The molecular formula is C13H18N2O. The van der Waals surface area contributed by atoms with Gasteiger partial charge in [0.2, 0.25) is 0 Å². The molecule has 1 aromatic rings. The van der Waals surface area contributed by atoms with Crippen LogP contribution in [0, 0.1) is 6.92 Å². The smallest absolute Gasteiger partial charge is 0.320 e. The predicted molar refractivity (Wildman–Crippen MR) is 64.3 cm³/mol. The first kappa shape index (κ1) is 11.0. The highest BCUT2D eigenvalue weighted by Crippen LogP contribution is 2.28. The highest BCUT2D eigenvalue weighted by atomic mass is 16.2. The van der Waals surface area contributed by atoms with E-state index >= 15 is 0 Å². The van der Waals surface area contributed by atoms with Gasteiger partial charge in [-0.05, 0) is 19.4 Å². The number of nitrogens with zero attached hydrogens (tertiary/aromatic N) is 2. The van der Waals surface area contributed by atoms with Gasteiger partial charge in [-0.15, -0.1) is 0 Å². The lowest BCUT2D eigenvalue weighted by atomic mass is 10.0. The first-order valence-corrected chi connectivity index (χ1v) is 5.71. The topological polar surface area (TPSA) is 23.6 Å². The molecule has 1 aliphatic heterocycles. The number of likely N-dealkylation sites (N-methyl/N-ethyl adjacent to an activating group) is 2. The van der Waals surface area contributed by atoms with Gasteiger partial charge in [0, 0.05) is 20.1 Å². The summed E-state index contributed by atoms with van der Waals surface area (Å²) in [5.41, 5.74) is 2.47. The molecule has 1 heterocycles. The van der Waals surface area contributed by atoms with Crippen LogP contribution in [0.1, 0.15) is 24.1 Å². The summed E-state index contributed by atoms with van der Waals surface area (Å²) in [6.07, 6.45) is 0. The summed E-state index contributed by atoms with van der Waals surface area (Å²) in [6, 6.07) is 8.73. The second-order valence-electron chi connectivity index (χ2n) is 4.36. The first-order chi connectivity index (χ1) is 7.63. The van der Waals surface area contributed by atoms with Gasteiger partial charge in [0.1, 0.15) is 0 Å². The number of hydrogen-bond acceptors (Lipinski definition) is 1. The Kier molecular flexibility index (Phi) is 2.86. The van der Waals surface area contributed by atoms with Crippen LogP contribution in [-0.4, -0.2) is 36.0 Å². The molecule has 16 heavy (non-hydrogen) atoms. The van der Waals surface area contributed by atoms with E-state index < -0.39 is 0 Å². The molecule has 2 amide bonds. The molecule has 1 saturated heterocycles. The third-order valence-electron chi connectivity index (χ3n) is 3.24. The van der Waals surface area contributed by atoms with Gasteiger partial charge in [-0.25, -0.2) is 4.79 Å². The van der Waals surface area contributed by atoms with Crippen molar-refractivity contribution in [3.05, 3.63) is 35.4 Å². The Balaban J connectivity index is 2.26. The highest BCUT2D eigenvalue weighted by molar-refractivity contribution is 5.77. The summed E-state index contributed by atoms with van der Waals surface area (Å²) in [7, 11) is 1.88. The Labute approximate surface area is 96.7 Å². The number of rotatable bonds is 2. The highest BCUT2D eigenvalue weighted by Gasteiger charge is 2.34. The maximum Gasteiger partial charge on any atom is 0.320 e. The fraction of sp³-hybridized carbons (Fsp3) is 0.462. The molecule has 0 bridgehead atoms. The summed E-state index contributed by atoms with van der Waals surface area (Å²) in [5, 5.41) is 0. The van der Waals surface area contributed by atoms with E-state index in [0.717, 1.165) is 13.1 Å². The Bertz CT molecular complexity index is 403. The summed E-state index contributed by atoms with van der Waals surface area (Å²) in [5.74, 6) is 0. The molecule has 0 N–H and O–H groups in total. The van der Waals surface area contributed by atoms with Crippen molar-refractivity contribution < 1.29 is 4.79 Å². The lowest BCUT2D eigenvalue weighted by Gasteiger charge is -2.18. The summed E-state index contributed by atoms with van der Waals surface area (Å²) < 4.78 is 0. The quantitative estimate of drug-likeness (QED) is 0.747. The number of carbonyl (C=O) groups excluding carboxylic acids is 1. The molecule has 3 heteroatoms. The molecule has 1 unspecified atom stereocenters. The molecule has 0 saturated carbocycles. The van der Waals surface area contributed by atoms with E-state index in [4.69, 9.17) is 0 Å². The third-order valence-corrected chi connectivity index (χ3v) is 3.24. The van der Waals surface area contributed by atoms with Crippen molar-refractivity contribution in [2.45, 2.75) is 19.9 Å². The van der Waals surface area contributed by atoms with Crippen molar-refractivity contribution >= 4 is 6.03 Å². The van der Waals surface area contributed by atoms with Crippen LogP contribution in [-0.2, 0) is 0 Å². The number of amides is 2. The molecule has 0 aromatic heterocycles. The standard InChI is InChI=1S/C13H18N2O/c1-4-15-9-12(14(3)13(15)16)11-7-5-6-10(2)8-11/h5-8,12H,4,9H2,1-3H3. The van der Waals surface area contributed by atoms with E-state index in [1.807, 2.05) is 23.8 Å². The van der Waals surface area contributed by atoms with Crippen LogP contribution in [0.2, 0.25) is 0 Å². The number of aryl methyl sites for hydroxylation is 1. The van der Waals surface area contributed by atoms with Gasteiger partial charge in [0.15, 0.2) is 0 Å². The average Bonchev–Trinajstić information content (AvgIpc) is 2.56. The zero-order valence-electron chi connectivity index (χ0n) is 10.1. The minimum atomic E-state index is 0.133. The van der Waals surface area contributed by atoms with Crippen LogP contribution in [0.3, 0.4) is 0 Å². The molecule has 1 aliphatic rings. The van der Waals surface area contributed by atoms with E-state index in [-0.39, 0.29) is 12.1 Å². The Morgan fingerprint density at radius 2 is 2.19 bits per heavy atom. The van der Waals surface area contributed by atoms with Gasteiger partial charge in [-0.1, -0.05) is 29.8 Å². The zero-order chi connectivity index (χ0) is 11.7. The van der Waals surface area contributed by atoms with E-state index in [2.05, 4.69) is 31.2 Å². The average molecular weight is 218 g/mol. The second-order valence-corrected chi connectivity index (χ2v) is 4.36. The van der Waals surface area contributed by atoms with Crippen LogP contribution < -0.4 is 0 Å². The lowest BCUT2D eigenvalue weighted by molar-refractivity contribution is 0.197. The van der Waals surface area contributed by atoms with Gasteiger partial charge in [-0.3, -0.25) is 0 Å². The predicted octanol–water partition coefficient (Wildman–Crippen LogP) is 2.42. The van der Waals surface area contributed by atoms with Gasteiger partial charge in [-0.2, -0.15) is 0 Å². The van der Waals surface area contributed by atoms with Gasteiger partial charge in [0.25, 0.3) is 0 Å². The lowest BCUT2D eigenvalue weighted by Crippen LogP contribution is -2.29. The Morgan fingerprint density at radius 1 is 1.44 bits per heavy atom. The van der Waals surface area contributed by atoms with Gasteiger partial charge >= 0.3 is 6.03 Å². The number of carbonyl (C=O) groups is 1. The van der Waals surface area contributed by atoms with E-state index in [1.54, 1.807) is 0 Å². The maximum atomic E-state index is 11.9. The van der Waals surface area contributed by atoms with Gasteiger partial charge < -0.3 is 9.80 Å². The molecule has 0 aliphatic carbocycles. The first-order valence-electron chi connectivity index (χ1n) is 5.71. The number of hydrogen-bond donors (Lipinski definition) is 0. The van der Waals surface area contributed by atoms with E-state index in [9.17, 15) is 4.79 Å². The van der Waals surface area contributed by atoms with Crippen LogP contribution in [0.25, 0.3) is 0 Å². The van der Waals surface area contributed by atoms with Crippen molar-refractivity contribution in [2.75, 3.05) is 20.1 Å². The minimum Gasteiger partial charge on any atom is -0.323 e. The molecule has 1 fully saturated rings. The number of urea groups is 1. The molecule has 2 rings (SSSR count). The molecular weight excluding hydrogens is 200 g/mol. The van der Waals surface area contributed by atoms with Crippen molar-refractivity contribution in [1.82, 2.24) is 9.80 Å². The fourth-order valence-corrected chi connectivity index (χ4v) is 2.24. The monoisotopic (exact) mass is 218 g/mol. The zero-order valence-corrected chi connectivity index (χ0v) is 10.1. The normalized spacial score (nSPS) is 20.7. The van der Waals surface area contributed by atoms with Crippen LogP contribution in [0.15, 0.2) is 24.3 Å². The molecule has 86 valence electrons. The van der Waals surface area contributed by atoms with E-state index in [0.29, 0.717) is 0 Å². The number of benzene rings is 1. The molecule has 0 radical (unpaired) electrons. The minimum absolute atomic E-state index is 0.133. The summed E-state index contributed by atoms with van der Waals surface area (Å²) in [6.45, 7) is 5.68. The largest absolute Gasteiger partial charge is 0.323 e. The molecule has 1 aromatic carbocycles. The molecule has 1 atom stereocenters. The SMILES string of the molecule is CCN1CC(c2cccc(C)c2)N(C)C1=O. The third kappa shape index (κ3) is 1.77. The Morgan fingerprint density at radius 3 is 2.75 bits per heavy atom. The van der Waals surface area contributed by atoms with Crippen molar-refractivity contribution in [2.24, 2.45) is 0 Å². The van der Waals surface area contributed by atoms with E-state index in [1.165, 1.54) is 11.1 Å². The van der Waals surface area contributed by atoms with Crippen LogP contribution in [0.4, 0.5) is 4.79 Å². The molecule has 0 spiro atoms. The van der Waals surface area contributed by atoms with Crippen LogP contribution in [0.5, 0.6) is 0 Å². The summed E-state index contributed by atoms with van der Waals surface area (Å²) in [4.78, 5) is 15.6. The van der Waals surface area contributed by atoms with Crippen molar-refractivity contribution in [3.63, 3.8) is 0 Å². The van der Waals surface area contributed by atoms with Gasteiger partial charge in [0.05, 0.1) is 6.04 Å². The van der Waals surface area contributed by atoms with Crippen molar-refractivity contribution in [1.29, 1.82) is 0 Å².